The van der Waals surface area contributed by atoms with Crippen molar-refractivity contribution in [1.29, 1.82) is 0 Å². The molecule has 0 rings (SSSR count). The van der Waals surface area contributed by atoms with Gasteiger partial charge in [-0.05, 0) is 6.42 Å². The highest BCUT2D eigenvalue weighted by Crippen LogP contribution is 1.97. The van der Waals surface area contributed by atoms with Gasteiger partial charge in [-0.1, -0.05) is 25.8 Å². The van der Waals surface area contributed by atoms with Crippen LogP contribution in [0.2, 0.25) is 0 Å². The number of carboxylic acid groups (broad SMARTS) is 1. The second kappa shape index (κ2) is 12.8. The van der Waals surface area contributed by atoms with Crippen LogP contribution in [0.5, 0.6) is 0 Å². The lowest BCUT2D eigenvalue weighted by molar-refractivity contribution is -0.137. The Morgan fingerprint density at radius 3 is 2.33 bits per heavy atom. The van der Waals surface area contributed by atoms with Crippen molar-refractivity contribution >= 4 is 5.97 Å². The van der Waals surface area contributed by atoms with Gasteiger partial charge in [0.15, 0.2) is 0 Å². The number of unbranched alkanes of at least 4 members (excludes halogenated alkanes) is 2. The van der Waals surface area contributed by atoms with Gasteiger partial charge in [-0.25, -0.2) is 0 Å². The molecule has 3 nitrogen and oxygen atoms in total. The minimum absolute atomic E-state index is 0.327. The van der Waals surface area contributed by atoms with Gasteiger partial charge in [-0.2, -0.15) is 0 Å². The Morgan fingerprint density at radius 2 is 2.08 bits per heavy atom. The molecule has 0 fully saturated rings. The third kappa shape index (κ3) is 22.9. The van der Waals surface area contributed by atoms with Crippen molar-refractivity contribution in [2.45, 2.75) is 32.6 Å². The first-order valence-electron chi connectivity index (χ1n) is 4.21. The maximum Gasteiger partial charge on any atom is 0.303 e. The summed E-state index contributed by atoms with van der Waals surface area (Å²) < 4.78 is 0. The molecular formula is C9H19NO2. The predicted molar refractivity (Wildman–Crippen MR) is 51.0 cm³/mol. The van der Waals surface area contributed by atoms with E-state index >= 15 is 0 Å². The number of aliphatic carboxylic acids is 1. The van der Waals surface area contributed by atoms with Gasteiger partial charge in [0, 0.05) is 13.0 Å². The second-order valence-electron chi connectivity index (χ2n) is 2.38. The van der Waals surface area contributed by atoms with E-state index in [1.165, 1.54) is 0 Å². The molecule has 0 aliphatic heterocycles. The summed E-state index contributed by atoms with van der Waals surface area (Å²) in [5.41, 5.74) is 4.91. The quantitative estimate of drug-likeness (QED) is 0.492. The maximum atomic E-state index is 9.87. The van der Waals surface area contributed by atoms with Crippen LogP contribution in [-0.2, 0) is 4.79 Å². The summed E-state index contributed by atoms with van der Waals surface area (Å²) in [7, 11) is 0. The van der Waals surface area contributed by atoms with Crippen molar-refractivity contribution in [3.8, 4) is 0 Å². The van der Waals surface area contributed by atoms with Gasteiger partial charge >= 0.3 is 5.97 Å². The molecule has 3 heteroatoms. The highest BCUT2D eigenvalue weighted by molar-refractivity contribution is 5.66. The first-order chi connectivity index (χ1) is 5.68. The van der Waals surface area contributed by atoms with Crippen molar-refractivity contribution in [3.05, 3.63) is 12.7 Å². The van der Waals surface area contributed by atoms with Crippen LogP contribution in [0.25, 0.3) is 0 Å². The molecule has 0 bridgehead atoms. The van der Waals surface area contributed by atoms with Crippen molar-refractivity contribution in [2.24, 2.45) is 5.73 Å². The fourth-order valence-corrected chi connectivity index (χ4v) is 0.526. The van der Waals surface area contributed by atoms with E-state index in [9.17, 15) is 4.79 Å². The van der Waals surface area contributed by atoms with Gasteiger partial charge < -0.3 is 10.8 Å². The Morgan fingerprint density at radius 1 is 1.58 bits per heavy atom. The third-order valence-electron chi connectivity index (χ3n) is 1.16. The summed E-state index contributed by atoms with van der Waals surface area (Å²) in [4.78, 5) is 9.87. The molecule has 0 unspecified atom stereocenters. The van der Waals surface area contributed by atoms with E-state index in [2.05, 4.69) is 13.5 Å². The number of rotatable bonds is 5. The third-order valence-corrected chi connectivity index (χ3v) is 1.16. The van der Waals surface area contributed by atoms with Crippen LogP contribution in [0.15, 0.2) is 12.7 Å². The molecule has 0 aromatic rings. The molecule has 0 radical (unpaired) electrons. The van der Waals surface area contributed by atoms with Crippen LogP contribution in [0.4, 0.5) is 0 Å². The molecule has 0 aromatic carbocycles. The van der Waals surface area contributed by atoms with Crippen molar-refractivity contribution in [1.82, 2.24) is 0 Å². The molecule has 0 saturated heterocycles. The molecule has 0 saturated carbocycles. The number of carboxylic acids is 1. The molecule has 12 heavy (non-hydrogen) atoms. The lowest BCUT2D eigenvalue weighted by Gasteiger charge is -1.89. The van der Waals surface area contributed by atoms with Crippen LogP contribution in [-0.4, -0.2) is 17.6 Å². The van der Waals surface area contributed by atoms with Crippen LogP contribution in [0, 0.1) is 0 Å². The van der Waals surface area contributed by atoms with E-state index in [0.717, 1.165) is 19.3 Å². The number of hydrogen-bond donors (Lipinski definition) is 2. The lowest BCUT2D eigenvalue weighted by Crippen LogP contribution is -1.92. The van der Waals surface area contributed by atoms with Crippen LogP contribution >= 0.6 is 0 Å². The topological polar surface area (TPSA) is 63.3 Å². The first-order valence-corrected chi connectivity index (χ1v) is 4.21. The summed E-state index contributed by atoms with van der Waals surface area (Å²) in [6.07, 6.45) is 4.93. The van der Waals surface area contributed by atoms with Crippen LogP contribution in [0.3, 0.4) is 0 Å². The molecule has 0 heterocycles. The Hall–Kier alpha value is -0.830. The van der Waals surface area contributed by atoms with Crippen LogP contribution < -0.4 is 5.73 Å². The highest BCUT2D eigenvalue weighted by Gasteiger charge is 1.92. The van der Waals surface area contributed by atoms with Gasteiger partial charge in [-0.3, -0.25) is 4.79 Å². The van der Waals surface area contributed by atoms with E-state index in [4.69, 9.17) is 10.8 Å². The zero-order valence-electron chi connectivity index (χ0n) is 7.75. The number of hydrogen-bond acceptors (Lipinski definition) is 2. The van der Waals surface area contributed by atoms with Gasteiger partial charge in [0.2, 0.25) is 0 Å². The lowest BCUT2D eigenvalue weighted by atomic mass is 10.2. The number of nitrogens with two attached hydrogens (primary N) is 1. The van der Waals surface area contributed by atoms with E-state index < -0.39 is 5.97 Å². The van der Waals surface area contributed by atoms with E-state index in [1.54, 1.807) is 6.08 Å². The van der Waals surface area contributed by atoms with Gasteiger partial charge in [-0.15, -0.1) is 6.58 Å². The summed E-state index contributed by atoms with van der Waals surface area (Å²) in [6, 6.07) is 0. The van der Waals surface area contributed by atoms with E-state index in [0.29, 0.717) is 13.0 Å². The fraction of sp³-hybridized carbons (Fsp3) is 0.667. The molecule has 0 aliphatic rings. The molecule has 0 spiro atoms. The average Bonchev–Trinajstić information content (AvgIpc) is 2.05. The molecule has 0 amide bonds. The van der Waals surface area contributed by atoms with Crippen molar-refractivity contribution < 1.29 is 9.90 Å². The minimum Gasteiger partial charge on any atom is -0.481 e. The summed E-state index contributed by atoms with van der Waals surface area (Å²) in [5, 5.41) is 8.14. The molecule has 0 atom stereocenters. The largest absolute Gasteiger partial charge is 0.481 e. The van der Waals surface area contributed by atoms with Crippen molar-refractivity contribution in [2.75, 3.05) is 6.54 Å². The Balaban J connectivity index is 0. The standard InChI is InChI=1S/C6H12O2.C3H7N/c1-2-3-4-5-6(7)8;1-2-3-4/h2-5H2,1H3,(H,7,8);2H,1,3-4H2. The number of carbonyl (C=O) groups is 1. The van der Waals surface area contributed by atoms with Crippen molar-refractivity contribution in [3.63, 3.8) is 0 Å². The summed E-state index contributed by atoms with van der Waals surface area (Å²) in [6.45, 7) is 5.99. The Bertz CT molecular complexity index is 113. The highest BCUT2D eigenvalue weighted by atomic mass is 16.4. The van der Waals surface area contributed by atoms with E-state index in [1.807, 2.05) is 0 Å². The van der Waals surface area contributed by atoms with Crippen LogP contribution in [0.1, 0.15) is 32.6 Å². The predicted octanol–water partition coefficient (Wildman–Crippen LogP) is 1.78. The smallest absolute Gasteiger partial charge is 0.303 e. The first kappa shape index (κ1) is 13.7. The Labute approximate surface area is 74.3 Å². The SMILES string of the molecule is C=CCN.CCCCCC(=O)O. The summed E-state index contributed by atoms with van der Waals surface area (Å²) in [5.74, 6) is -0.682. The molecule has 0 aliphatic carbocycles. The second-order valence-corrected chi connectivity index (χ2v) is 2.38. The Kier molecular flexibility index (Phi) is 14.7. The molecule has 3 N–H and O–H groups in total. The molecule has 72 valence electrons. The zero-order chi connectivity index (χ0) is 9.82. The molecule has 0 aromatic heterocycles. The summed E-state index contributed by atoms with van der Waals surface area (Å²) >= 11 is 0. The van der Waals surface area contributed by atoms with Gasteiger partial charge in [0.1, 0.15) is 0 Å². The van der Waals surface area contributed by atoms with Gasteiger partial charge in [0.05, 0.1) is 0 Å². The van der Waals surface area contributed by atoms with E-state index in [-0.39, 0.29) is 0 Å². The zero-order valence-corrected chi connectivity index (χ0v) is 7.75. The normalized spacial score (nSPS) is 8.17. The fourth-order valence-electron chi connectivity index (χ4n) is 0.526. The minimum atomic E-state index is -0.682. The average molecular weight is 173 g/mol. The van der Waals surface area contributed by atoms with Gasteiger partial charge in [0.25, 0.3) is 0 Å². The molecular weight excluding hydrogens is 154 g/mol. The maximum absolute atomic E-state index is 9.87. The monoisotopic (exact) mass is 173 g/mol.